The van der Waals surface area contributed by atoms with E-state index in [-0.39, 0.29) is 23.5 Å². The number of nitrogens with zero attached hydrogens (tertiary/aromatic N) is 2. The molecule has 1 saturated heterocycles. The van der Waals surface area contributed by atoms with E-state index in [1.807, 2.05) is 12.1 Å². The van der Waals surface area contributed by atoms with Crippen molar-refractivity contribution in [2.45, 2.75) is 56.2 Å². The summed E-state index contributed by atoms with van der Waals surface area (Å²) in [5.74, 6) is 0.950. The van der Waals surface area contributed by atoms with Gasteiger partial charge in [0, 0.05) is 24.4 Å². The summed E-state index contributed by atoms with van der Waals surface area (Å²) in [5.41, 5.74) is 1.86. The SMILES string of the molecule is O=C(CSc1nc(=O)n(Cc2ccco2)c2c1CCCC2)NC[C@@H]1CCCO1. The maximum Gasteiger partial charge on any atom is 0.349 e. The quantitative estimate of drug-likeness (QED) is 0.563. The predicted octanol–water partition coefficient (Wildman–Crippen LogP) is 2.15. The van der Waals surface area contributed by atoms with Crippen molar-refractivity contribution in [3.63, 3.8) is 0 Å². The molecule has 0 radical (unpaired) electrons. The molecule has 0 bridgehead atoms. The number of furan rings is 1. The lowest BCUT2D eigenvalue weighted by Crippen LogP contribution is -2.33. The number of fused-ring (bicyclic) bond motifs is 1. The first-order valence-electron chi connectivity index (χ1n) is 9.87. The molecule has 0 unspecified atom stereocenters. The van der Waals surface area contributed by atoms with Crippen molar-refractivity contribution in [3.8, 4) is 0 Å². The van der Waals surface area contributed by atoms with Gasteiger partial charge in [-0.2, -0.15) is 4.98 Å². The minimum atomic E-state index is -0.278. The number of nitrogens with one attached hydrogen (secondary N) is 1. The molecule has 1 amide bonds. The van der Waals surface area contributed by atoms with Gasteiger partial charge in [0.05, 0.1) is 24.7 Å². The van der Waals surface area contributed by atoms with Gasteiger partial charge in [0.2, 0.25) is 5.91 Å². The summed E-state index contributed by atoms with van der Waals surface area (Å²) in [6.45, 7) is 1.73. The van der Waals surface area contributed by atoms with Crippen LogP contribution in [0.4, 0.5) is 0 Å². The molecule has 150 valence electrons. The Kier molecular flexibility index (Phi) is 6.17. The van der Waals surface area contributed by atoms with Crippen molar-refractivity contribution < 1.29 is 13.9 Å². The summed E-state index contributed by atoms with van der Waals surface area (Å²) >= 11 is 1.36. The molecular weight excluding hydrogens is 378 g/mol. The molecule has 0 spiro atoms. The van der Waals surface area contributed by atoms with Gasteiger partial charge >= 0.3 is 5.69 Å². The monoisotopic (exact) mass is 403 g/mol. The molecule has 2 aromatic heterocycles. The minimum absolute atomic E-state index is 0.0494. The van der Waals surface area contributed by atoms with Gasteiger partial charge in [-0.3, -0.25) is 9.36 Å². The largest absolute Gasteiger partial charge is 0.467 e. The summed E-state index contributed by atoms with van der Waals surface area (Å²) in [6, 6.07) is 3.68. The van der Waals surface area contributed by atoms with Gasteiger partial charge in [0.15, 0.2) is 0 Å². The molecule has 0 aromatic carbocycles. The molecule has 1 N–H and O–H groups in total. The van der Waals surface area contributed by atoms with E-state index in [4.69, 9.17) is 9.15 Å². The van der Waals surface area contributed by atoms with Crippen molar-refractivity contribution in [2.75, 3.05) is 18.9 Å². The predicted molar refractivity (Wildman–Crippen MR) is 106 cm³/mol. The van der Waals surface area contributed by atoms with Gasteiger partial charge in [0.1, 0.15) is 10.8 Å². The highest BCUT2D eigenvalue weighted by molar-refractivity contribution is 7.99. The highest BCUT2D eigenvalue weighted by atomic mass is 32.2. The maximum atomic E-state index is 12.7. The smallest absolute Gasteiger partial charge is 0.349 e. The highest BCUT2D eigenvalue weighted by Crippen LogP contribution is 2.28. The van der Waals surface area contributed by atoms with Crippen LogP contribution >= 0.6 is 11.8 Å². The zero-order valence-electron chi connectivity index (χ0n) is 15.8. The fraction of sp³-hybridized carbons (Fsp3) is 0.550. The first-order valence-corrected chi connectivity index (χ1v) is 10.9. The first-order chi connectivity index (χ1) is 13.7. The fourth-order valence-corrected chi connectivity index (χ4v) is 4.71. The van der Waals surface area contributed by atoms with Crippen LogP contribution in [0.3, 0.4) is 0 Å². The molecule has 1 fully saturated rings. The second-order valence-electron chi connectivity index (χ2n) is 7.23. The van der Waals surface area contributed by atoms with Gasteiger partial charge in [-0.05, 0) is 50.7 Å². The molecule has 1 aliphatic carbocycles. The molecule has 4 rings (SSSR count). The third-order valence-electron chi connectivity index (χ3n) is 5.24. The van der Waals surface area contributed by atoms with Crippen LogP contribution in [-0.4, -0.2) is 40.5 Å². The Morgan fingerprint density at radius 3 is 3.00 bits per heavy atom. The number of aromatic nitrogens is 2. The Morgan fingerprint density at radius 1 is 1.32 bits per heavy atom. The van der Waals surface area contributed by atoms with Crippen LogP contribution in [0.15, 0.2) is 32.6 Å². The lowest BCUT2D eigenvalue weighted by molar-refractivity contribution is -0.119. The minimum Gasteiger partial charge on any atom is -0.467 e. The number of amides is 1. The molecular formula is C20H25N3O4S. The van der Waals surface area contributed by atoms with Crippen LogP contribution in [0.1, 0.15) is 42.7 Å². The fourth-order valence-electron chi connectivity index (χ4n) is 3.81. The van der Waals surface area contributed by atoms with Gasteiger partial charge in [0.25, 0.3) is 0 Å². The third kappa shape index (κ3) is 4.50. The molecule has 8 heteroatoms. The highest BCUT2D eigenvalue weighted by Gasteiger charge is 2.22. The molecule has 28 heavy (non-hydrogen) atoms. The van der Waals surface area contributed by atoms with Gasteiger partial charge < -0.3 is 14.5 Å². The second-order valence-corrected chi connectivity index (χ2v) is 8.19. The van der Waals surface area contributed by atoms with Crippen LogP contribution in [0.2, 0.25) is 0 Å². The first kappa shape index (κ1) is 19.3. The zero-order valence-corrected chi connectivity index (χ0v) is 16.6. The number of carbonyl (C=O) groups excluding carboxylic acids is 1. The Balaban J connectivity index is 1.45. The number of thioether (sulfide) groups is 1. The van der Waals surface area contributed by atoms with Crippen LogP contribution < -0.4 is 11.0 Å². The van der Waals surface area contributed by atoms with E-state index in [0.717, 1.165) is 62.1 Å². The Morgan fingerprint density at radius 2 is 2.21 bits per heavy atom. The molecule has 7 nitrogen and oxygen atoms in total. The van der Waals surface area contributed by atoms with Gasteiger partial charge in [-0.1, -0.05) is 11.8 Å². The number of rotatable bonds is 7. The normalized spacial score (nSPS) is 18.8. The van der Waals surface area contributed by atoms with Crippen molar-refractivity contribution in [1.29, 1.82) is 0 Å². The molecule has 3 heterocycles. The molecule has 2 aliphatic rings. The summed E-state index contributed by atoms with van der Waals surface area (Å²) in [5, 5.41) is 3.62. The summed E-state index contributed by atoms with van der Waals surface area (Å²) in [4.78, 5) is 29.2. The van der Waals surface area contributed by atoms with E-state index in [1.54, 1.807) is 10.8 Å². The van der Waals surface area contributed by atoms with Crippen molar-refractivity contribution >= 4 is 17.7 Å². The number of ether oxygens (including phenoxy) is 1. The van der Waals surface area contributed by atoms with Crippen molar-refractivity contribution in [2.24, 2.45) is 0 Å². The van der Waals surface area contributed by atoms with Crippen LogP contribution in [0.25, 0.3) is 0 Å². The van der Waals surface area contributed by atoms with Gasteiger partial charge in [-0.15, -0.1) is 0 Å². The number of carbonyl (C=O) groups is 1. The van der Waals surface area contributed by atoms with Crippen LogP contribution in [0, 0.1) is 0 Å². The van der Waals surface area contributed by atoms with E-state index in [2.05, 4.69) is 10.3 Å². The van der Waals surface area contributed by atoms with Crippen LogP contribution in [0.5, 0.6) is 0 Å². The molecule has 1 aliphatic heterocycles. The number of hydrogen-bond donors (Lipinski definition) is 1. The standard InChI is InChI=1S/C20H25N3O4S/c24-18(21-11-14-5-3-9-26-14)13-28-19-16-7-1-2-8-17(16)23(20(25)22-19)12-15-6-4-10-27-15/h4,6,10,14H,1-3,5,7-9,11-13H2,(H,21,24)/t14-/m0/s1. The second kappa shape index (κ2) is 8.96. The lowest BCUT2D eigenvalue weighted by Gasteiger charge is -2.22. The zero-order chi connectivity index (χ0) is 19.3. The van der Waals surface area contributed by atoms with E-state index in [9.17, 15) is 9.59 Å². The van der Waals surface area contributed by atoms with E-state index in [1.165, 1.54) is 11.8 Å². The Labute approximate surface area is 167 Å². The molecule has 0 saturated carbocycles. The molecule has 2 aromatic rings. The average molecular weight is 404 g/mol. The Hall–Kier alpha value is -2.06. The molecule has 1 atom stereocenters. The topological polar surface area (TPSA) is 86.4 Å². The van der Waals surface area contributed by atoms with E-state index >= 15 is 0 Å². The number of hydrogen-bond acceptors (Lipinski definition) is 6. The Bertz CT molecular complexity index is 872. The maximum absolute atomic E-state index is 12.7. The summed E-state index contributed by atoms with van der Waals surface area (Å²) < 4.78 is 12.6. The van der Waals surface area contributed by atoms with Gasteiger partial charge in [-0.25, -0.2) is 4.79 Å². The van der Waals surface area contributed by atoms with Crippen molar-refractivity contribution in [3.05, 3.63) is 45.9 Å². The third-order valence-corrected chi connectivity index (χ3v) is 6.25. The summed E-state index contributed by atoms with van der Waals surface area (Å²) in [6.07, 6.45) is 7.67. The van der Waals surface area contributed by atoms with Crippen LogP contribution in [-0.2, 0) is 28.9 Å². The lowest BCUT2D eigenvalue weighted by atomic mass is 9.97. The average Bonchev–Trinajstić information content (AvgIpc) is 3.41. The summed E-state index contributed by atoms with van der Waals surface area (Å²) in [7, 11) is 0. The van der Waals surface area contributed by atoms with Crippen molar-refractivity contribution in [1.82, 2.24) is 14.9 Å². The van der Waals surface area contributed by atoms with E-state index < -0.39 is 0 Å². The van der Waals surface area contributed by atoms with E-state index in [0.29, 0.717) is 18.1 Å².